The molecule has 0 N–H and O–H groups in total. The number of aromatic nitrogens is 4. The number of tetrazole rings is 1. The zero-order valence-corrected chi connectivity index (χ0v) is 15.1. The van der Waals surface area contributed by atoms with Crippen LogP contribution in [-0.4, -0.2) is 38.9 Å². The smallest absolute Gasteiger partial charge is 0.214 e. The maximum atomic E-state index is 12.4. The van der Waals surface area contributed by atoms with E-state index in [1.807, 2.05) is 26.0 Å². The fraction of sp³-hybridized carbons (Fsp3) is 0.222. The molecule has 3 aromatic rings. The minimum Gasteiger partial charge on any atom is -0.497 e. The van der Waals surface area contributed by atoms with Gasteiger partial charge in [0.15, 0.2) is 5.78 Å². The second-order valence-corrected chi connectivity index (χ2v) is 6.55. The van der Waals surface area contributed by atoms with E-state index < -0.39 is 0 Å². The van der Waals surface area contributed by atoms with Crippen LogP contribution >= 0.6 is 11.8 Å². The van der Waals surface area contributed by atoms with Crippen molar-refractivity contribution >= 4 is 17.5 Å². The van der Waals surface area contributed by atoms with Gasteiger partial charge >= 0.3 is 0 Å². The van der Waals surface area contributed by atoms with Crippen LogP contribution in [0, 0.1) is 13.8 Å². The fourth-order valence-corrected chi connectivity index (χ4v) is 3.23. The largest absolute Gasteiger partial charge is 0.497 e. The number of methoxy groups -OCH3 is 1. The molecule has 1 aromatic heterocycles. The van der Waals surface area contributed by atoms with Crippen molar-refractivity contribution in [1.82, 2.24) is 20.2 Å². The normalized spacial score (nSPS) is 10.7. The van der Waals surface area contributed by atoms with Crippen molar-refractivity contribution in [1.29, 1.82) is 0 Å². The van der Waals surface area contributed by atoms with Crippen LogP contribution in [0.4, 0.5) is 0 Å². The van der Waals surface area contributed by atoms with Gasteiger partial charge in [-0.2, -0.15) is 4.68 Å². The number of carbonyl (C=O) groups is 1. The Balaban J connectivity index is 1.74. The first kappa shape index (κ1) is 17.2. The van der Waals surface area contributed by atoms with Gasteiger partial charge in [-0.1, -0.05) is 29.5 Å². The van der Waals surface area contributed by atoms with E-state index in [1.54, 1.807) is 36.1 Å². The first-order valence-electron chi connectivity index (χ1n) is 7.74. The molecule has 7 heteroatoms. The number of thioether (sulfide) groups is 1. The Hall–Kier alpha value is -2.67. The summed E-state index contributed by atoms with van der Waals surface area (Å²) < 4.78 is 6.77. The van der Waals surface area contributed by atoms with Crippen molar-refractivity contribution in [2.75, 3.05) is 12.9 Å². The van der Waals surface area contributed by atoms with E-state index >= 15 is 0 Å². The van der Waals surface area contributed by atoms with E-state index in [9.17, 15) is 4.79 Å². The Morgan fingerprint density at radius 1 is 1.16 bits per heavy atom. The molecule has 25 heavy (non-hydrogen) atoms. The molecule has 0 unspecified atom stereocenters. The summed E-state index contributed by atoms with van der Waals surface area (Å²) in [6.07, 6.45) is 0. The van der Waals surface area contributed by atoms with Crippen molar-refractivity contribution in [3.05, 3.63) is 59.2 Å². The van der Waals surface area contributed by atoms with E-state index in [2.05, 4.69) is 21.6 Å². The summed E-state index contributed by atoms with van der Waals surface area (Å²) >= 11 is 1.32. The van der Waals surface area contributed by atoms with Gasteiger partial charge in [0, 0.05) is 5.56 Å². The Bertz CT molecular complexity index is 890. The highest BCUT2D eigenvalue weighted by Crippen LogP contribution is 2.22. The van der Waals surface area contributed by atoms with Crippen LogP contribution in [0.5, 0.6) is 5.75 Å². The molecule has 0 atom stereocenters. The number of hydrogen-bond acceptors (Lipinski definition) is 6. The average molecular weight is 354 g/mol. The van der Waals surface area contributed by atoms with Crippen LogP contribution in [0.1, 0.15) is 21.5 Å². The molecule has 0 radical (unpaired) electrons. The van der Waals surface area contributed by atoms with Crippen molar-refractivity contribution < 1.29 is 9.53 Å². The maximum absolute atomic E-state index is 12.4. The molecule has 0 spiro atoms. The van der Waals surface area contributed by atoms with E-state index in [4.69, 9.17) is 4.74 Å². The molecule has 3 rings (SSSR count). The predicted octanol–water partition coefficient (Wildman–Crippen LogP) is 3.26. The minimum absolute atomic E-state index is 0.0165. The third kappa shape index (κ3) is 3.88. The summed E-state index contributed by atoms with van der Waals surface area (Å²) in [5.41, 5.74) is 3.81. The standard InChI is InChI=1S/C18H18N4O2S/c1-12-4-9-16(13(2)10-12)22-18(19-20-21-22)25-11-17(23)14-5-7-15(24-3)8-6-14/h4-10H,11H2,1-3H3. The molecule has 0 amide bonds. The zero-order chi connectivity index (χ0) is 17.8. The molecular formula is C18H18N4O2S. The lowest BCUT2D eigenvalue weighted by Crippen LogP contribution is -2.06. The van der Waals surface area contributed by atoms with Crippen LogP contribution in [0.2, 0.25) is 0 Å². The van der Waals surface area contributed by atoms with Gasteiger partial charge in [0.25, 0.3) is 0 Å². The van der Waals surface area contributed by atoms with Crippen molar-refractivity contribution in [2.45, 2.75) is 19.0 Å². The quantitative estimate of drug-likeness (QED) is 0.500. The SMILES string of the molecule is COc1ccc(C(=O)CSc2nnnn2-c2ccc(C)cc2C)cc1. The third-order valence-corrected chi connectivity index (χ3v) is 4.69. The predicted molar refractivity (Wildman–Crippen MR) is 96.7 cm³/mol. The lowest BCUT2D eigenvalue weighted by molar-refractivity contribution is 0.102. The van der Waals surface area contributed by atoms with Gasteiger partial charge in [0.2, 0.25) is 5.16 Å². The van der Waals surface area contributed by atoms with Crippen LogP contribution in [-0.2, 0) is 0 Å². The van der Waals surface area contributed by atoms with E-state index in [0.717, 1.165) is 17.0 Å². The van der Waals surface area contributed by atoms with Crippen LogP contribution < -0.4 is 4.74 Å². The zero-order valence-electron chi connectivity index (χ0n) is 14.3. The van der Waals surface area contributed by atoms with Gasteiger partial charge in [0.05, 0.1) is 18.6 Å². The third-order valence-electron chi connectivity index (χ3n) is 3.77. The lowest BCUT2D eigenvalue weighted by Gasteiger charge is -2.08. The van der Waals surface area contributed by atoms with Crippen LogP contribution in [0.15, 0.2) is 47.6 Å². The molecule has 0 bridgehead atoms. The lowest BCUT2D eigenvalue weighted by atomic mass is 10.1. The highest BCUT2D eigenvalue weighted by molar-refractivity contribution is 7.99. The minimum atomic E-state index is 0.0165. The Labute approximate surface area is 150 Å². The molecule has 0 aliphatic rings. The number of carbonyl (C=O) groups excluding carboxylic acids is 1. The van der Waals surface area contributed by atoms with E-state index in [-0.39, 0.29) is 11.5 Å². The molecule has 0 saturated heterocycles. The summed E-state index contributed by atoms with van der Waals surface area (Å²) in [6, 6.07) is 13.1. The molecule has 1 heterocycles. The molecule has 0 fully saturated rings. The summed E-state index contributed by atoms with van der Waals surface area (Å²) in [4.78, 5) is 12.4. The number of hydrogen-bond donors (Lipinski definition) is 0. The first-order chi connectivity index (χ1) is 12.1. The number of nitrogens with zero attached hydrogens (tertiary/aromatic N) is 4. The number of aryl methyl sites for hydroxylation is 2. The highest BCUT2D eigenvalue weighted by Gasteiger charge is 2.14. The molecule has 2 aromatic carbocycles. The monoisotopic (exact) mass is 354 g/mol. The molecular weight excluding hydrogens is 336 g/mol. The van der Waals surface area contributed by atoms with Gasteiger partial charge in [-0.05, 0) is 60.2 Å². The molecule has 0 aliphatic heterocycles. The Kier molecular flexibility index (Phi) is 5.14. The summed E-state index contributed by atoms with van der Waals surface area (Å²) in [5.74, 6) is 1.00. The van der Waals surface area contributed by atoms with Gasteiger partial charge in [0.1, 0.15) is 5.75 Å². The number of ketones is 1. The first-order valence-corrected chi connectivity index (χ1v) is 8.73. The van der Waals surface area contributed by atoms with Gasteiger partial charge in [-0.3, -0.25) is 4.79 Å². The Morgan fingerprint density at radius 3 is 2.60 bits per heavy atom. The molecule has 6 nitrogen and oxygen atoms in total. The summed E-state index contributed by atoms with van der Waals surface area (Å²) in [5, 5.41) is 12.4. The number of rotatable bonds is 6. The topological polar surface area (TPSA) is 69.9 Å². The molecule has 128 valence electrons. The maximum Gasteiger partial charge on any atom is 0.214 e. The van der Waals surface area contributed by atoms with Crippen molar-refractivity contribution in [2.24, 2.45) is 0 Å². The van der Waals surface area contributed by atoms with Crippen LogP contribution in [0.25, 0.3) is 5.69 Å². The molecule has 0 aliphatic carbocycles. The number of ether oxygens (including phenoxy) is 1. The van der Waals surface area contributed by atoms with E-state index in [0.29, 0.717) is 10.7 Å². The van der Waals surface area contributed by atoms with Gasteiger partial charge < -0.3 is 4.74 Å². The van der Waals surface area contributed by atoms with Gasteiger partial charge in [-0.25, -0.2) is 0 Å². The van der Waals surface area contributed by atoms with Crippen molar-refractivity contribution in [3.63, 3.8) is 0 Å². The van der Waals surface area contributed by atoms with Gasteiger partial charge in [-0.15, -0.1) is 5.10 Å². The Morgan fingerprint density at radius 2 is 1.92 bits per heavy atom. The van der Waals surface area contributed by atoms with Crippen LogP contribution in [0.3, 0.4) is 0 Å². The summed E-state index contributed by atoms with van der Waals surface area (Å²) in [7, 11) is 1.60. The summed E-state index contributed by atoms with van der Waals surface area (Å²) in [6.45, 7) is 4.06. The van der Waals surface area contributed by atoms with Crippen molar-refractivity contribution in [3.8, 4) is 11.4 Å². The number of benzene rings is 2. The molecule has 0 saturated carbocycles. The average Bonchev–Trinajstić information content (AvgIpc) is 3.08. The van der Waals surface area contributed by atoms with E-state index in [1.165, 1.54) is 17.3 Å². The second kappa shape index (κ2) is 7.48. The highest BCUT2D eigenvalue weighted by atomic mass is 32.2. The fourth-order valence-electron chi connectivity index (χ4n) is 2.45. The second-order valence-electron chi connectivity index (χ2n) is 5.60. The number of Topliss-reactive ketones (excluding diaryl/α,β-unsaturated/α-hetero) is 1.